The maximum absolute atomic E-state index is 13.2. The smallest absolute Gasteiger partial charge is 0.317 e. The number of carbonyl (C=O) groups excluding carboxylic acids is 1. The van der Waals surface area contributed by atoms with Crippen molar-refractivity contribution in [2.75, 3.05) is 32.7 Å². The third-order valence-electron chi connectivity index (χ3n) is 4.46. The van der Waals surface area contributed by atoms with E-state index in [0.29, 0.717) is 12.6 Å². The number of unbranched alkanes of at least 4 members (excludes halogenated alkanes) is 1. The molecule has 5 heteroatoms. The van der Waals surface area contributed by atoms with E-state index in [4.69, 9.17) is 0 Å². The van der Waals surface area contributed by atoms with Gasteiger partial charge in [0.25, 0.3) is 0 Å². The van der Waals surface area contributed by atoms with Gasteiger partial charge in [0.1, 0.15) is 5.82 Å². The number of hydrogen-bond donors (Lipinski definition) is 1. The van der Waals surface area contributed by atoms with E-state index in [1.807, 2.05) is 24.0 Å². The molecular weight excluding hydrogens is 293 g/mol. The molecule has 1 fully saturated rings. The van der Waals surface area contributed by atoms with Gasteiger partial charge in [0.15, 0.2) is 0 Å². The van der Waals surface area contributed by atoms with Gasteiger partial charge >= 0.3 is 6.03 Å². The van der Waals surface area contributed by atoms with E-state index in [0.717, 1.165) is 45.4 Å². The Labute approximate surface area is 138 Å². The first-order valence-corrected chi connectivity index (χ1v) is 8.68. The zero-order valence-electron chi connectivity index (χ0n) is 14.2. The summed E-state index contributed by atoms with van der Waals surface area (Å²) in [4.78, 5) is 16.2. The van der Waals surface area contributed by atoms with E-state index >= 15 is 0 Å². The summed E-state index contributed by atoms with van der Waals surface area (Å²) < 4.78 is 13.2. The molecule has 23 heavy (non-hydrogen) atoms. The second-order valence-electron chi connectivity index (χ2n) is 6.07. The van der Waals surface area contributed by atoms with E-state index in [1.165, 1.54) is 5.56 Å². The van der Waals surface area contributed by atoms with Crippen LogP contribution < -0.4 is 5.32 Å². The fraction of sp³-hybridized carbons (Fsp3) is 0.611. The largest absolute Gasteiger partial charge is 0.338 e. The molecule has 1 saturated heterocycles. The van der Waals surface area contributed by atoms with Crippen LogP contribution in [0.1, 0.15) is 44.7 Å². The van der Waals surface area contributed by atoms with Crippen molar-refractivity contribution in [3.63, 3.8) is 0 Å². The highest BCUT2D eigenvalue weighted by molar-refractivity contribution is 5.74. The molecule has 1 atom stereocenters. The molecular formula is C18H28FN3O. The van der Waals surface area contributed by atoms with Gasteiger partial charge in [0, 0.05) is 38.8 Å². The van der Waals surface area contributed by atoms with Gasteiger partial charge in [-0.15, -0.1) is 0 Å². The number of piperazine rings is 1. The normalized spacial score (nSPS) is 17.1. The summed E-state index contributed by atoms with van der Waals surface area (Å²) in [6.07, 6.45) is 3.37. The summed E-state index contributed by atoms with van der Waals surface area (Å²) in [6, 6.07) is 7.21. The lowest BCUT2D eigenvalue weighted by Crippen LogP contribution is -2.52. The lowest BCUT2D eigenvalue weighted by atomic mass is 9.98. The van der Waals surface area contributed by atoms with Crippen molar-refractivity contribution in [2.45, 2.75) is 39.2 Å². The number of rotatable bonds is 6. The maximum Gasteiger partial charge on any atom is 0.317 e. The van der Waals surface area contributed by atoms with Gasteiger partial charge in [0.2, 0.25) is 0 Å². The highest BCUT2D eigenvalue weighted by Crippen LogP contribution is 2.27. The highest BCUT2D eigenvalue weighted by Gasteiger charge is 2.26. The second kappa shape index (κ2) is 8.87. The van der Waals surface area contributed by atoms with Crippen LogP contribution in [0.25, 0.3) is 0 Å². The maximum atomic E-state index is 13.2. The summed E-state index contributed by atoms with van der Waals surface area (Å²) in [6.45, 7) is 8.00. The third kappa shape index (κ3) is 4.93. The number of amides is 2. The summed E-state index contributed by atoms with van der Waals surface area (Å²) in [5, 5.41) is 2.86. The summed E-state index contributed by atoms with van der Waals surface area (Å²) >= 11 is 0. The van der Waals surface area contributed by atoms with Crippen LogP contribution in [0.2, 0.25) is 0 Å². The second-order valence-corrected chi connectivity index (χ2v) is 6.07. The monoisotopic (exact) mass is 321 g/mol. The molecule has 0 radical (unpaired) electrons. The quantitative estimate of drug-likeness (QED) is 0.871. The van der Waals surface area contributed by atoms with Crippen LogP contribution in [0.5, 0.6) is 0 Å². The first-order chi connectivity index (χ1) is 11.2. The molecule has 1 unspecified atom stereocenters. The first kappa shape index (κ1) is 17.7. The number of hydrogen-bond acceptors (Lipinski definition) is 2. The fourth-order valence-corrected chi connectivity index (χ4v) is 3.14. The van der Waals surface area contributed by atoms with Gasteiger partial charge in [-0.05, 0) is 31.0 Å². The van der Waals surface area contributed by atoms with Gasteiger partial charge in [-0.1, -0.05) is 31.9 Å². The van der Waals surface area contributed by atoms with Crippen molar-refractivity contribution in [3.05, 3.63) is 35.6 Å². The van der Waals surface area contributed by atoms with E-state index in [1.54, 1.807) is 12.1 Å². The van der Waals surface area contributed by atoms with Gasteiger partial charge in [-0.25, -0.2) is 9.18 Å². The molecule has 1 aromatic rings. The standard InChI is InChI=1S/C18H28FN3O/c1-3-5-6-17(15-7-9-16(19)10-8-15)21-11-13-22(14-12-21)18(23)20-4-2/h7-10,17H,3-6,11-14H2,1-2H3,(H,20,23). The summed E-state index contributed by atoms with van der Waals surface area (Å²) in [7, 11) is 0. The number of carbonyl (C=O) groups is 1. The SMILES string of the molecule is CCCCC(c1ccc(F)cc1)N1CCN(C(=O)NCC)CC1. The fourth-order valence-electron chi connectivity index (χ4n) is 3.14. The molecule has 0 aliphatic carbocycles. The number of halogens is 1. The molecule has 1 aliphatic rings. The van der Waals surface area contributed by atoms with Crippen molar-refractivity contribution < 1.29 is 9.18 Å². The van der Waals surface area contributed by atoms with Gasteiger partial charge < -0.3 is 10.2 Å². The minimum Gasteiger partial charge on any atom is -0.338 e. The molecule has 128 valence electrons. The average Bonchev–Trinajstić information content (AvgIpc) is 2.57. The number of nitrogens with zero attached hydrogens (tertiary/aromatic N) is 2. The van der Waals surface area contributed by atoms with Crippen molar-refractivity contribution >= 4 is 6.03 Å². The van der Waals surface area contributed by atoms with Crippen LogP contribution in [0.15, 0.2) is 24.3 Å². The first-order valence-electron chi connectivity index (χ1n) is 8.68. The molecule has 0 aromatic heterocycles. The van der Waals surface area contributed by atoms with E-state index in [2.05, 4.69) is 17.1 Å². The molecule has 1 N–H and O–H groups in total. The molecule has 1 aliphatic heterocycles. The Bertz CT molecular complexity index is 484. The van der Waals surface area contributed by atoms with Crippen LogP contribution in [0.4, 0.5) is 9.18 Å². The average molecular weight is 321 g/mol. The van der Waals surface area contributed by atoms with Crippen LogP contribution in [0, 0.1) is 5.82 Å². The predicted molar refractivity (Wildman–Crippen MR) is 90.9 cm³/mol. The Morgan fingerprint density at radius 3 is 2.39 bits per heavy atom. The van der Waals surface area contributed by atoms with Crippen molar-refractivity contribution in [3.8, 4) is 0 Å². The molecule has 2 amide bonds. The Balaban J connectivity index is 2.00. The highest BCUT2D eigenvalue weighted by atomic mass is 19.1. The number of benzene rings is 1. The summed E-state index contributed by atoms with van der Waals surface area (Å²) in [5.74, 6) is -0.191. The minimum absolute atomic E-state index is 0.0269. The van der Waals surface area contributed by atoms with Gasteiger partial charge in [-0.2, -0.15) is 0 Å². The van der Waals surface area contributed by atoms with Crippen LogP contribution in [-0.2, 0) is 0 Å². The Morgan fingerprint density at radius 2 is 1.83 bits per heavy atom. The Kier molecular flexibility index (Phi) is 6.84. The van der Waals surface area contributed by atoms with Crippen LogP contribution >= 0.6 is 0 Å². The molecule has 1 aromatic carbocycles. The van der Waals surface area contributed by atoms with E-state index in [9.17, 15) is 9.18 Å². The van der Waals surface area contributed by atoms with Gasteiger partial charge in [0.05, 0.1) is 0 Å². The van der Waals surface area contributed by atoms with E-state index in [-0.39, 0.29) is 11.8 Å². The zero-order valence-corrected chi connectivity index (χ0v) is 14.2. The lowest BCUT2D eigenvalue weighted by molar-refractivity contribution is 0.103. The minimum atomic E-state index is -0.191. The number of nitrogens with one attached hydrogen (secondary N) is 1. The van der Waals surface area contributed by atoms with Crippen molar-refractivity contribution in [1.82, 2.24) is 15.1 Å². The third-order valence-corrected chi connectivity index (χ3v) is 4.46. The van der Waals surface area contributed by atoms with Crippen molar-refractivity contribution in [1.29, 1.82) is 0 Å². The molecule has 0 saturated carbocycles. The Hall–Kier alpha value is -1.62. The lowest BCUT2D eigenvalue weighted by Gasteiger charge is -2.39. The topological polar surface area (TPSA) is 35.6 Å². The van der Waals surface area contributed by atoms with Crippen LogP contribution in [0.3, 0.4) is 0 Å². The molecule has 0 bridgehead atoms. The molecule has 0 spiro atoms. The molecule has 2 rings (SSSR count). The summed E-state index contributed by atoms with van der Waals surface area (Å²) in [5.41, 5.74) is 1.17. The van der Waals surface area contributed by atoms with Gasteiger partial charge in [-0.3, -0.25) is 4.90 Å². The molecule has 4 nitrogen and oxygen atoms in total. The molecule has 1 heterocycles. The van der Waals surface area contributed by atoms with Crippen LogP contribution in [-0.4, -0.2) is 48.6 Å². The van der Waals surface area contributed by atoms with E-state index < -0.39 is 0 Å². The predicted octanol–water partition coefficient (Wildman–Crippen LogP) is 3.40. The van der Waals surface area contributed by atoms with Crippen molar-refractivity contribution in [2.24, 2.45) is 0 Å². The Morgan fingerprint density at radius 1 is 1.17 bits per heavy atom. The number of urea groups is 1. The zero-order chi connectivity index (χ0) is 16.7.